The van der Waals surface area contributed by atoms with Crippen LogP contribution in [-0.4, -0.2) is 11.7 Å². The fourth-order valence-electron chi connectivity index (χ4n) is 3.45. The van der Waals surface area contributed by atoms with Gasteiger partial charge in [-0.3, -0.25) is 0 Å². The summed E-state index contributed by atoms with van der Waals surface area (Å²) in [6.07, 6.45) is 2.12. The van der Waals surface area contributed by atoms with Gasteiger partial charge in [-0.15, -0.1) is 0 Å². The van der Waals surface area contributed by atoms with Gasteiger partial charge in [-0.05, 0) is 42.0 Å². The Kier molecular flexibility index (Phi) is 4.27. The average molecular weight is 353 g/mol. The maximum atomic E-state index is 9.32. The molecule has 0 saturated carbocycles. The first-order valence-electron chi connectivity index (χ1n) is 8.70. The number of hydrogen-bond acceptors (Lipinski definition) is 3. The van der Waals surface area contributed by atoms with Crippen LogP contribution in [0.25, 0.3) is 22.0 Å². The molecule has 3 aromatic carbocycles. The summed E-state index contributed by atoms with van der Waals surface area (Å²) in [5.74, 6) is 0.860. The first-order chi connectivity index (χ1) is 13.2. The van der Waals surface area contributed by atoms with E-state index in [4.69, 9.17) is 10.5 Å². The molecule has 1 aromatic heterocycles. The zero-order valence-corrected chi connectivity index (χ0v) is 15.0. The number of anilines is 1. The molecule has 0 aliphatic heterocycles. The van der Waals surface area contributed by atoms with E-state index in [-0.39, 0.29) is 0 Å². The largest absolute Gasteiger partial charge is 0.496 e. The van der Waals surface area contributed by atoms with Gasteiger partial charge in [0.05, 0.1) is 25.3 Å². The third kappa shape index (κ3) is 3.11. The third-order valence-electron chi connectivity index (χ3n) is 4.74. The summed E-state index contributed by atoms with van der Waals surface area (Å²) in [7, 11) is 1.68. The molecule has 0 radical (unpaired) electrons. The van der Waals surface area contributed by atoms with E-state index in [1.165, 1.54) is 0 Å². The molecule has 0 saturated heterocycles. The van der Waals surface area contributed by atoms with Gasteiger partial charge >= 0.3 is 0 Å². The predicted octanol–water partition coefficient (Wildman–Crippen LogP) is 4.82. The first kappa shape index (κ1) is 16.7. The molecule has 1 heterocycles. The molecule has 27 heavy (non-hydrogen) atoms. The van der Waals surface area contributed by atoms with Crippen LogP contribution in [0.3, 0.4) is 0 Å². The van der Waals surface area contributed by atoms with Gasteiger partial charge in [-0.2, -0.15) is 5.26 Å². The SMILES string of the molecule is COc1ccccc1Cn1cc(-c2cccc(N)c2)c2cc(C#N)ccc21. The molecule has 0 bridgehead atoms. The summed E-state index contributed by atoms with van der Waals surface area (Å²) < 4.78 is 7.69. The van der Waals surface area contributed by atoms with E-state index in [0.29, 0.717) is 12.1 Å². The number of para-hydroxylation sites is 1. The number of aromatic nitrogens is 1. The molecule has 4 rings (SSSR count). The second-order valence-electron chi connectivity index (χ2n) is 6.45. The highest BCUT2D eigenvalue weighted by Crippen LogP contribution is 2.33. The van der Waals surface area contributed by atoms with Gasteiger partial charge in [-0.1, -0.05) is 30.3 Å². The molecule has 4 aromatic rings. The quantitative estimate of drug-likeness (QED) is 0.535. The lowest BCUT2D eigenvalue weighted by Crippen LogP contribution is -2.00. The van der Waals surface area contributed by atoms with Gasteiger partial charge in [0.1, 0.15) is 5.75 Å². The van der Waals surface area contributed by atoms with Gasteiger partial charge in [-0.25, -0.2) is 0 Å². The Hall–Kier alpha value is -3.71. The molecule has 0 fully saturated rings. The Morgan fingerprint density at radius 1 is 1.04 bits per heavy atom. The number of nitrogen functional groups attached to an aromatic ring is 1. The topological polar surface area (TPSA) is 64.0 Å². The van der Waals surface area contributed by atoms with Crippen molar-refractivity contribution in [3.63, 3.8) is 0 Å². The second-order valence-corrected chi connectivity index (χ2v) is 6.45. The molecule has 132 valence electrons. The molecule has 0 aliphatic carbocycles. The second kappa shape index (κ2) is 6.89. The zero-order chi connectivity index (χ0) is 18.8. The fraction of sp³-hybridized carbons (Fsp3) is 0.0870. The smallest absolute Gasteiger partial charge is 0.123 e. The summed E-state index contributed by atoms with van der Waals surface area (Å²) in [4.78, 5) is 0. The summed E-state index contributed by atoms with van der Waals surface area (Å²) in [5.41, 5.74) is 11.6. The molecular formula is C23H19N3O. The number of methoxy groups -OCH3 is 1. The van der Waals surface area contributed by atoms with Crippen LogP contribution in [0.2, 0.25) is 0 Å². The van der Waals surface area contributed by atoms with E-state index < -0.39 is 0 Å². The Labute approximate surface area is 158 Å². The van der Waals surface area contributed by atoms with Crippen LogP contribution in [0.15, 0.2) is 72.9 Å². The van der Waals surface area contributed by atoms with Crippen LogP contribution in [0.4, 0.5) is 5.69 Å². The molecular weight excluding hydrogens is 334 g/mol. The Morgan fingerprint density at radius 2 is 1.89 bits per heavy atom. The van der Waals surface area contributed by atoms with Crippen molar-refractivity contribution in [2.75, 3.05) is 12.8 Å². The lowest BCUT2D eigenvalue weighted by molar-refractivity contribution is 0.408. The molecule has 0 aliphatic rings. The normalized spacial score (nSPS) is 10.7. The van der Waals surface area contributed by atoms with Crippen molar-refractivity contribution in [1.82, 2.24) is 4.57 Å². The van der Waals surface area contributed by atoms with E-state index in [0.717, 1.165) is 39.0 Å². The predicted molar refractivity (Wildman–Crippen MR) is 109 cm³/mol. The first-order valence-corrected chi connectivity index (χ1v) is 8.70. The van der Waals surface area contributed by atoms with Crippen molar-refractivity contribution in [3.05, 3.63) is 84.1 Å². The number of hydrogen-bond donors (Lipinski definition) is 1. The van der Waals surface area contributed by atoms with Crippen molar-refractivity contribution < 1.29 is 4.74 Å². The van der Waals surface area contributed by atoms with E-state index in [1.807, 2.05) is 60.7 Å². The van der Waals surface area contributed by atoms with E-state index in [9.17, 15) is 5.26 Å². The maximum Gasteiger partial charge on any atom is 0.123 e. The van der Waals surface area contributed by atoms with Gasteiger partial charge in [0.2, 0.25) is 0 Å². The van der Waals surface area contributed by atoms with Crippen LogP contribution < -0.4 is 10.5 Å². The molecule has 0 unspecified atom stereocenters. The summed E-state index contributed by atoms with van der Waals surface area (Å²) >= 11 is 0. The number of nitrogens with zero attached hydrogens (tertiary/aromatic N) is 2. The minimum atomic E-state index is 0.641. The number of fused-ring (bicyclic) bond motifs is 1. The van der Waals surface area contributed by atoms with Crippen molar-refractivity contribution in [3.8, 4) is 22.9 Å². The van der Waals surface area contributed by atoms with Crippen LogP contribution in [0, 0.1) is 11.3 Å². The van der Waals surface area contributed by atoms with Crippen molar-refractivity contribution in [1.29, 1.82) is 5.26 Å². The van der Waals surface area contributed by atoms with Crippen LogP contribution in [0.5, 0.6) is 5.75 Å². The standard InChI is InChI=1S/C23H19N3O/c1-27-23-8-3-2-5-18(23)14-26-15-21(17-6-4-7-19(25)12-17)20-11-16(13-24)9-10-22(20)26/h2-12,15H,14,25H2,1H3. The number of nitriles is 1. The van der Waals surface area contributed by atoms with E-state index >= 15 is 0 Å². The Bertz CT molecular complexity index is 1170. The number of nitrogens with two attached hydrogens (primary N) is 1. The number of rotatable bonds is 4. The van der Waals surface area contributed by atoms with Gasteiger partial charge in [0, 0.05) is 33.9 Å². The average Bonchev–Trinajstić information content (AvgIpc) is 3.06. The molecule has 2 N–H and O–H groups in total. The molecule has 0 atom stereocenters. The minimum absolute atomic E-state index is 0.641. The minimum Gasteiger partial charge on any atom is -0.496 e. The van der Waals surface area contributed by atoms with E-state index in [2.05, 4.69) is 22.9 Å². The van der Waals surface area contributed by atoms with Crippen molar-refractivity contribution in [2.24, 2.45) is 0 Å². The third-order valence-corrected chi connectivity index (χ3v) is 4.74. The highest BCUT2D eigenvalue weighted by molar-refractivity contribution is 5.97. The Balaban J connectivity index is 1.90. The summed E-state index contributed by atoms with van der Waals surface area (Å²) in [5, 5.41) is 10.4. The summed E-state index contributed by atoms with van der Waals surface area (Å²) in [6, 6.07) is 23.8. The highest BCUT2D eigenvalue weighted by atomic mass is 16.5. The number of benzene rings is 3. The molecule has 4 heteroatoms. The van der Waals surface area contributed by atoms with Crippen LogP contribution in [-0.2, 0) is 6.54 Å². The lowest BCUT2D eigenvalue weighted by Gasteiger charge is -2.10. The lowest BCUT2D eigenvalue weighted by atomic mass is 10.0. The van der Waals surface area contributed by atoms with Gasteiger partial charge in [0.15, 0.2) is 0 Å². The van der Waals surface area contributed by atoms with Crippen LogP contribution >= 0.6 is 0 Å². The zero-order valence-electron chi connectivity index (χ0n) is 15.0. The van der Waals surface area contributed by atoms with Crippen molar-refractivity contribution in [2.45, 2.75) is 6.54 Å². The fourth-order valence-corrected chi connectivity index (χ4v) is 3.45. The van der Waals surface area contributed by atoms with Crippen molar-refractivity contribution >= 4 is 16.6 Å². The highest BCUT2D eigenvalue weighted by Gasteiger charge is 2.13. The van der Waals surface area contributed by atoms with Crippen LogP contribution in [0.1, 0.15) is 11.1 Å². The van der Waals surface area contributed by atoms with Gasteiger partial charge in [0.25, 0.3) is 0 Å². The van der Waals surface area contributed by atoms with E-state index in [1.54, 1.807) is 7.11 Å². The number of ether oxygens (including phenoxy) is 1. The summed E-state index contributed by atoms with van der Waals surface area (Å²) in [6.45, 7) is 0.675. The Morgan fingerprint density at radius 3 is 2.67 bits per heavy atom. The molecule has 4 nitrogen and oxygen atoms in total. The maximum absolute atomic E-state index is 9.32. The molecule has 0 amide bonds. The van der Waals surface area contributed by atoms with Gasteiger partial charge < -0.3 is 15.0 Å². The molecule has 0 spiro atoms. The monoisotopic (exact) mass is 353 g/mol.